The molecule has 14 heteroatoms. The lowest BCUT2D eigenvalue weighted by Gasteiger charge is -2.36. The number of carbonyl (C=O) groups is 1. The molecule has 1 amide bonds. The van der Waals surface area contributed by atoms with Gasteiger partial charge in [-0.2, -0.15) is 13.1 Å². The molecule has 1 fully saturated rings. The molecule has 2 heterocycles. The van der Waals surface area contributed by atoms with Crippen molar-refractivity contribution in [3.63, 3.8) is 0 Å². The summed E-state index contributed by atoms with van der Waals surface area (Å²) < 4.78 is 97.8. The molecular formula is C30H25F2N3O7S2. The van der Waals surface area contributed by atoms with Crippen LogP contribution in [0.3, 0.4) is 0 Å². The average Bonchev–Trinajstić information content (AvgIpc) is 3.50. The third kappa shape index (κ3) is 5.14. The van der Waals surface area contributed by atoms with Crippen LogP contribution < -0.4 is 13.2 Å². The minimum atomic E-state index is -5.04. The fourth-order valence-electron chi connectivity index (χ4n) is 5.62. The predicted molar refractivity (Wildman–Crippen MR) is 155 cm³/mol. The molecule has 44 heavy (non-hydrogen) atoms. The molecule has 6 rings (SSSR count). The maximum absolute atomic E-state index is 14.4. The van der Waals surface area contributed by atoms with Gasteiger partial charge < -0.3 is 8.92 Å². The molecule has 2 atom stereocenters. The van der Waals surface area contributed by atoms with Crippen LogP contribution >= 0.6 is 0 Å². The number of sulfonamides is 1. The Morgan fingerprint density at radius 1 is 0.841 bits per heavy atom. The van der Waals surface area contributed by atoms with Crippen molar-refractivity contribution in [1.29, 1.82) is 0 Å². The van der Waals surface area contributed by atoms with Crippen molar-refractivity contribution >= 4 is 32.1 Å². The molecule has 1 N–H and O–H groups in total. The molecule has 0 aromatic heterocycles. The highest BCUT2D eigenvalue weighted by atomic mass is 32.2. The summed E-state index contributed by atoms with van der Waals surface area (Å²) in [5, 5.41) is 0. The molecule has 4 aromatic rings. The molecule has 4 aromatic carbocycles. The first-order valence-corrected chi connectivity index (χ1v) is 16.2. The van der Waals surface area contributed by atoms with E-state index in [-0.39, 0.29) is 35.7 Å². The number of fused-ring (bicyclic) bond motifs is 3. The van der Waals surface area contributed by atoms with Crippen molar-refractivity contribution < 1.29 is 39.3 Å². The summed E-state index contributed by atoms with van der Waals surface area (Å²) in [6, 6.07) is 25.1. The first-order valence-electron chi connectivity index (χ1n) is 13.4. The van der Waals surface area contributed by atoms with Crippen molar-refractivity contribution in [1.82, 2.24) is 9.62 Å². The van der Waals surface area contributed by atoms with E-state index >= 15 is 0 Å². The van der Waals surface area contributed by atoms with Gasteiger partial charge in [-0.25, -0.2) is 26.3 Å². The SMILES string of the molecule is O=C(OCc1ccccc1)N1CC[C@]2(NS(=O)(=O)Oc3c(F)cccc3F)c3ccccc3N(S(=O)(=O)c3ccccc3)[C@H]12. The summed E-state index contributed by atoms with van der Waals surface area (Å²) in [5.74, 6) is -3.69. The Labute approximate surface area is 252 Å². The van der Waals surface area contributed by atoms with Gasteiger partial charge >= 0.3 is 16.4 Å². The number of anilines is 1. The minimum absolute atomic E-state index is 0.0988. The number of halogens is 2. The number of hydrogen-bond acceptors (Lipinski definition) is 7. The Hall–Kier alpha value is -4.53. The van der Waals surface area contributed by atoms with Crippen molar-refractivity contribution in [2.24, 2.45) is 0 Å². The van der Waals surface area contributed by atoms with E-state index in [1.165, 1.54) is 36.4 Å². The zero-order valence-electron chi connectivity index (χ0n) is 22.8. The summed E-state index contributed by atoms with van der Waals surface area (Å²) >= 11 is 0. The van der Waals surface area contributed by atoms with Gasteiger partial charge in [0.25, 0.3) is 10.0 Å². The maximum Gasteiger partial charge on any atom is 0.411 e. The summed E-state index contributed by atoms with van der Waals surface area (Å²) in [4.78, 5) is 14.6. The molecule has 0 bridgehead atoms. The molecule has 0 spiro atoms. The molecular weight excluding hydrogens is 616 g/mol. The van der Waals surface area contributed by atoms with Gasteiger partial charge in [-0.05, 0) is 42.3 Å². The molecule has 228 valence electrons. The lowest BCUT2D eigenvalue weighted by Crippen LogP contribution is -2.59. The quantitative estimate of drug-likeness (QED) is 0.297. The Kier molecular flexibility index (Phi) is 7.51. The first-order chi connectivity index (χ1) is 21.0. The number of nitrogens with one attached hydrogen (secondary N) is 1. The van der Waals surface area contributed by atoms with E-state index in [9.17, 15) is 30.4 Å². The van der Waals surface area contributed by atoms with Crippen LogP contribution in [0.4, 0.5) is 19.3 Å². The second-order valence-corrected chi connectivity index (χ2v) is 13.2. The second-order valence-electron chi connectivity index (χ2n) is 10.1. The van der Waals surface area contributed by atoms with Gasteiger partial charge in [0, 0.05) is 12.1 Å². The van der Waals surface area contributed by atoms with E-state index in [2.05, 4.69) is 4.72 Å². The summed E-state index contributed by atoms with van der Waals surface area (Å²) in [7, 11) is -9.46. The number of amides is 1. The van der Waals surface area contributed by atoms with Crippen molar-refractivity contribution in [3.05, 3.63) is 126 Å². The third-order valence-electron chi connectivity index (χ3n) is 7.49. The van der Waals surface area contributed by atoms with Gasteiger partial charge in [-0.15, -0.1) is 0 Å². The zero-order chi connectivity index (χ0) is 31.1. The number of para-hydroxylation sites is 2. The Morgan fingerprint density at radius 2 is 1.45 bits per heavy atom. The minimum Gasteiger partial charge on any atom is -0.444 e. The van der Waals surface area contributed by atoms with E-state index in [1.54, 1.807) is 48.5 Å². The van der Waals surface area contributed by atoms with Crippen LogP contribution in [0, 0.1) is 11.6 Å². The van der Waals surface area contributed by atoms with Gasteiger partial charge in [0.15, 0.2) is 11.6 Å². The topological polar surface area (TPSA) is 122 Å². The van der Waals surface area contributed by atoms with Gasteiger partial charge in [0.2, 0.25) is 5.75 Å². The first kappa shape index (κ1) is 29.5. The van der Waals surface area contributed by atoms with Crippen LogP contribution in [0.15, 0.2) is 108 Å². The molecule has 2 aliphatic heterocycles. The van der Waals surface area contributed by atoms with Crippen molar-refractivity contribution in [3.8, 4) is 5.75 Å². The normalized spacial score (nSPS) is 19.4. The molecule has 2 aliphatic rings. The number of rotatable bonds is 8. The van der Waals surface area contributed by atoms with Crippen molar-refractivity contribution in [2.75, 3.05) is 10.8 Å². The van der Waals surface area contributed by atoms with E-state index in [1.807, 2.05) is 0 Å². The van der Waals surface area contributed by atoms with Gasteiger partial charge in [-0.1, -0.05) is 72.8 Å². The molecule has 0 saturated carbocycles. The van der Waals surface area contributed by atoms with E-state index < -0.39 is 55.5 Å². The highest BCUT2D eigenvalue weighted by Crippen LogP contribution is 2.53. The number of likely N-dealkylation sites (tertiary alicyclic amines) is 1. The fraction of sp³-hybridized carbons (Fsp3) is 0.167. The average molecular weight is 642 g/mol. The van der Waals surface area contributed by atoms with Crippen LogP contribution in [0.5, 0.6) is 5.75 Å². The Bertz CT molecular complexity index is 1910. The Morgan fingerprint density at radius 3 is 2.14 bits per heavy atom. The highest BCUT2D eigenvalue weighted by Gasteiger charge is 2.64. The largest absolute Gasteiger partial charge is 0.444 e. The number of carbonyl (C=O) groups excluding carboxylic acids is 1. The molecule has 0 radical (unpaired) electrons. The summed E-state index contributed by atoms with van der Waals surface area (Å²) in [6.45, 7) is -0.264. The van der Waals surface area contributed by atoms with Crippen LogP contribution in [-0.2, 0) is 37.2 Å². The van der Waals surface area contributed by atoms with Crippen LogP contribution in [0.2, 0.25) is 0 Å². The van der Waals surface area contributed by atoms with Crippen LogP contribution in [-0.4, -0.2) is 40.5 Å². The number of hydrogen-bond donors (Lipinski definition) is 1. The predicted octanol–water partition coefficient (Wildman–Crippen LogP) is 4.65. The molecule has 1 saturated heterocycles. The monoisotopic (exact) mass is 641 g/mol. The maximum atomic E-state index is 14.4. The summed E-state index contributed by atoms with van der Waals surface area (Å²) in [5.41, 5.74) is -0.841. The van der Waals surface area contributed by atoms with E-state index in [4.69, 9.17) is 8.92 Å². The number of benzene rings is 4. The second kappa shape index (κ2) is 11.2. The van der Waals surface area contributed by atoms with Crippen LogP contribution in [0.1, 0.15) is 17.5 Å². The van der Waals surface area contributed by atoms with Crippen molar-refractivity contribution in [2.45, 2.75) is 29.6 Å². The van der Waals surface area contributed by atoms with Crippen LogP contribution in [0.25, 0.3) is 0 Å². The zero-order valence-corrected chi connectivity index (χ0v) is 24.5. The smallest absolute Gasteiger partial charge is 0.411 e. The fourth-order valence-corrected chi connectivity index (χ4v) is 8.51. The third-order valence-corrected chi connectivity index (χ3v) is 10.3. The number of ether oxygens (including phenoxy) is 1. The van der Waals surface area contributed by atoms with Gasteiger partial charge in [0.05, 0.1) is 10.6 Å². The molecule has 0 unspecified atom stereocenters. The molecule has 0 aliphatic carbocycles. The lowest BCUT2D eigenvalue weighted by atomic mass is 9.90. The standard InChI is InChI=1S/C30H25F2N3O7S2/c31-24-15-9-16-25(32)27(24)42-44(39,40)33-30-18-19-34(29(36)41-20-21-10-3-1-4-11-21)28(30)35(26-17-8-7-14-23(26)30)43(37,38)22-12-5-2-6-13-22/h1-17,28,33H,18-20H2/t28-,30-/m0/s1. The summed E-state index contributed by atoms with van der Waals surface area (Å²) in [6.07, 6.45) is -2.54. The van der Waals surface area contributed by atoms with Gasteiger partial charge in [0.1, 0.15) is 18.3 Å². The van der Waals surface area contributed by atoms with E-state index in [0.717, 1.165) is 27.4 Å². The molecule has 10 nitrogen and oxygen atoms in total. The lowest BCUT2D eigenvalue weighted by molar-refractivity contribution is 0.0883. The highest BCUT2D eigenvalue weighted by molar-refractivity contribution is 7.93. The van der Waals surface area contributed by atoms with E-state index in [0.29, 0.717) is 5.56 Å². The Balaban J connectivity index is 1.45. The number of nitrogens with zero attached hydrogens (tertiary/aromatic N) is 2. The van der Waals surface area contributed by atoms with Gasteiger partial charge in [-0.3, -0.25) is 4.90 Å².